The molecule has 0 fully saturated rings. The van der Waals surface area contributed by atoms with Gasteiger partial charge in [0.2, 0.25) is 0 Å². The molecule has 5 nitrogen and oxygen atoms in total. The lowest BCUT2D eigenvalue weighted by atomic mass is 10.2. The van der Waals surface area contributed by atoms with Crippen LogP contribution in [0.15, 0.2) is 24.3 Å². The molecule has 0 N–H and O–H groups in total. The molecule has 1 rings (SSSR count). The Morgan fingerprint density at radius 2 is 2.12 bits per heavy atom. The van der Waals surface area contributed by atoms with Crippen LogP contribution in [0.1, 0.15) is 20.3 Å². The first-order valence-corrected chi connectivity index (χ1v) is 4.90. The molecule has 0 aliphatic heterocycles. The van der Waals surface area contributed by atoms with Crippen LogP contribution in [0.2, 0.25) is 0 Å². The molecule has 0 aliphatic carbocycles. The molecule has 0 aliphatic rings. The Balaban J connectivity index is 2.80. The highest BCUT2D eigenvalue weighted by atomic mass is 16.6. The highest BCUT2D eigenvalue weighted by Gasteiger charge is 2.16. The molecule has 0 bridgehead atoms. The van der Waals surface area contributed by atoms with Crippen molar-refractivity contribution in [1.82, 2.24) is 0 Å². The van der Waals surface area contributed by atoms with Gasteiger partial charge in [0.25, 0.3) is 0 Å². The number of nitro groups is 1. The van der Waals surface area contributed by atoms with Gasteiger partial charge in [0, 0.05) is 12.5 Å². The summed E-state index contributed by atoms with van der Waals surface area (Å²) in [6.45, 7) is 3.16. The topological polar surface area (TPSA) is 69.4 Å². The van der Waals surface area contributed by atoms with E-state index in [2.05, 4.69) is 0 Å². The van der Waals surface area contributed by atoms with E-state index in [1.165, 1.54) is 19.1 Å². The highest BCUT2D eigenvalue weighted by Crippen LogP contribution is 2.27. The van der Waals surface area contributed by atoms with E-state index in [0.29, 0.717) is 0 Å². The van der Waals surface area contributed by atoms with Gasteiger partial charge in [-0.2, -0.15) is 0 Å². The standard InChI is InChI=1S/C11H13NO4/c1-8(13)7-9(2)16-11-6-4-3-5-10(11)12(14)15/h3-6,9H,7H2,1-2H3. The third-order valence-electron chi connectivity index (χ3n) is 1.97. The molecule has 5 heteroatoms. The summed E-state index contributed by atoms with van der Waals surface area (Å²) in [5.74, 6) is 0.187. The summed E-state index contributed by atoms with van der Waals surface area (Å²) in [5, 5.41) is 10.7. The molecule has 1 aromatic rings. The number of benzene rings is 1. The zero-order valence-electron chi connectivity index (χ0n) is 9.17. The van der Waals surface area contributed by atoms with Crippen molar-refractivity contribution >= 4 is 11.5 Å². The van der Waals surface area contributed by atoms with E-state index in [9.17, 15) is 14.9 Å². The number of nitrogens with zero attached hydrogens (tertiary/aromatic N) is 1. The second-order valence-electron chi connectivity index (χ2n) is 3.56. The minimum absolute atomic E-state index is 0.00826. The molecule has 0 aromatic heterocycles. The number of ketones is 1. The number of para-hydroxylation sites is 2. The molecular weight excluding hydrogens is 210 g/mol. The second-order valence-corrected chi connectivity index (χ2v) is 3.56. The molecular formula is C11H13NO4. The molecule has 0 saturated carbocycles. The number of rotatable bonds is 5. The third-order valence-corrected chi connectivity index (χ3v) is 1.97. The predicted molar refractivity (Wildman–Crippen MR) is 58.5 cm³/mol. The maximum atomic E-state index is 10.8. The van der Waals surface area contributed by atoms with Crippen LogP contribution in [0.3, 0.4) is 0 Å². The Morgan fingerprint density at radius 1 is 1.50 bits per heavy atom. The van der Waals surface area contributed by atoms with Gasteiger partial charge in [-0.15, -0.1) is 0 Å². The van der Waals surface area contributed by atoms with Gasteiger partial charge in [-0.3, -0.25) is 14.9 Å². The van der Waals surface area contributed by atoms with Gasteiger partial charge >= 0.3 is 5.69 Å². The summed E-state index contributed by atoms with van der Waals surface area (Å²) >= 11 is 0. The van der Waals surface area contributed by atoms with E-state index in [0.717, 1.165) is 0 Å². The van der Waals surface area contributed by atoms with Crippen molar-refractivity contribution in [3.05, 3.63) is 34.4 Å². The zero-order chi connectivity index (χ0) is 12.1. The van der Waals surface area contributed by atoms with Crippen molar-refractivity contribution in [2.45, 2.75) is 26.4 Å². The van der Waals surface area contributed by atoms with E-state index in [-0.39, 0.29) is 29.7 Å². The lowest BCUT2D eigenvalue weighted by Gasteiger charge is -2.12. The van der Waals surface area contributed by atoms with Gasteiger partial charge < -0.3 is 4.74 Å². The van der Waals surface area contributed by atoms with Crippen molar-refractivity contribution in [2.24, 2.45) is 0 Å². The summed E-state index contributed by atoms with van der Waals surface area (Å²) in [6, 6.07) is 6.12. The van der Waals surface area contributed by atoms with Crippen LogP contribution in [-0.2, 0) is 4.79 Å². The minimum atomic E-state index is -0.504. The van der Waals surface area contributed by atoms with Crippen LogP contribution in [0.25, 0.3) is 0 Å². The minimum Gasteiger partial charge on any atom is -0.483 e. The zero-order valence-corrected chi connectivity index (χ0v) is 9.17. The molecule has 1 aromatic carbocycles. The van der Waals surface area contributed by atoms with E-state index in [4.69, 9.17) is 4.74 Å². The molecule has 0 heterocycles. The fourth-order valence-corrected chi connectivity index (χ4v) is 1.37. The highest BCUT2D eigenvalue weighted by molar-refractivity contribution is 5.76. The first-order chi connectivity index (χ1) is 7.50. The number of hydrogen-bond donors (Lipinski definition) is 0. The van der Waals surface area contributed by atoms with Crippen molar-refractivity contribution in [3.8, 4) is 5.75 Å². The Labute approximate surface area is 93.2 Å². The Morgan fingerprint density at radius 3 is 2.69 bits per heavy atom. The van der Waals surface area contributed by atoms with E-state index < -0.39 is 4.92 Å². The quantitative estimate of drug-likeness (QED) is 0.567. The molecule has 1 atom stereocenters. The average Bonchev–Trinajstić information content (AvgIpc) is 2.16. The largest absolute Gasteiger partial charge is 0.483 e. The number of nitro benzene ring substituents is 1. The maximum Gasteiger partial charge on any atom is 0.310 e. The Hall–Kier alpha value is -1.91. The summed E-state index contributed by atoms with van der Waals surface area (Å²) in [6.07, 6.45) is -0.120. The number of Topliss-reactive ketones (excluding diaryl/α,β-unsaturated/α-hetero) is 1. The molecule has 0 amide bonds. The van der Waals surface area contributed by atoms with Crippen LogP contribution < -0.4 is 4.74 Å². The van der Waals surface area contributed by atoms with Crippen LogP contribution in [0.5, 0.6) is 5.75 Å². The molecule has 86 valence electrons. The normalized spacial score (nSPS) is 11.9. The van der Waals surface area contributed by atoms with Crippen molar-refractivity contribution in [3.63, 3.8) is 0 Å². The third kappa shape index (κ3) is 3.34. The van der Waals surface area contributed by atoms with Gasteiger partial charge in [-0.05, 0) is 19.9 Å². The molecule has 0 radical (unpaired) electrons. The van der Waals surface area contributed by atoms with Crippen LogP contribution in [0, 0.1) is 10.1 Å². The van der Waals surface area contributed by atoms with E-state index in [1.807, 2.05) is 0 Å². The first-order valence-electron chi connectivity index (χ1n) is 4.90. The van der Waals surface area contributed by atoms with Crippen molar-refractivity contribution in [2.75, 3.05) is 0 Å². The molecule has 1 unspecified atom stereocenters. The van der Waals surface area contributed by atoms with E-state index >= 15 is 0 Å². The fraction of sp³-hybridized carbons (Fsp3) is 0.364. The van der Waals surface area contributed by atoms with Gasteiger partial charge in [0.05, 0.1) is 4.92 Å². The number of carbonyl (C=O) groups is 1. The van der Waals surface area contributed by atoms with Crippen LogP contribution in [-0.4, -0.2) is 16.8 Å². The van der Waals surface area contributed by atoms with Gasteiger partial charge in [0.15, 0.2) is 5.75 Å². The van der Waals surface area contributed by atoms with Crippen LogP contribution in [0.4, 0.5) is 5.69 Å². The van der Waals surface area contributed by atoms with Gasteiger partial charge in [-0.1, -0.05) is 12.1 Å². The van der Waals surface area contributed by atoms with Crippen LogP contribution >= 0.6 is 0 Å². The molecule has 16 heavy (non-hydrogen) atoms. The smallest absolute Gasteiger partial charge is 0.310 e. The Kier molecular flexibility index (Phi) is 3.99. The fourth-order valence-electron chi connectivity index (χ4n) is 1.37. The number of ether oxygens (including phenoxy) is 1. The summed E-state index contributed by atoms with van der Waals surface area (Å²) < 4.78 is 5.36. The monoisotopic (exact) mass is 223 g/mol. The predicted octanol–water partition coefficient (Wildman–Crippen LogP) is 2.34. The second kappa shape index (κ2) is 5.25. The maximum absolute atomic E-state index is 10.8. The van der Waals surface area contributed by atoms with Gasteiger partial charge in [-0.25, -0.2) is 0 Å². The lowest BCUT2D eigenvalue weighted by Crippen LogP contribution is -2.16. The van der Waals surface area contributed by atoms with Crippen molar-refractivity contribution in [1.29, 1.82) is 0 Å². The van der Waals surface area contributed by atoms with Crippen molar-refractivity contribution < 1.29 is 14.5 Å². The Bertz CT molecular complexity index is 403. The molecule has 0 spiro atoms. The summed E-state index contributed by atoms with van der Waals surface area (Å²) in [5.41, 5.74) is -0.0853. The first kappa shape index (κ1) is 12.2. The SMILES string of the molecule is CC(=O)CC(C)Oc1ccccc1[N+](=O)[O-]. The van der Waals surface area contributed by atoms with E-state index in [1.54, 1.807) is 19.1 Å². The number of carbonyl (C=O) groups excluding carboxylic acids is 1. The lowest BCUT2D eigenvalue weighted by molar-refractivity contribution is -0.386. The summed E-state index contributed by atoms with van der Waals surface area (Å²) in [4.78, 5) is 21.0. The van der Waals surface area contributed by atoms with Gasteiger partial charge in [0.1, 0.15) is 11.9 Å². The molecule has 0 saturated heterocycles. The summed E-state index contributed by atoms with van der Waals surface area (Å²) in [7, 11) is 0. The average molecular weight is 223 g/mol. The number of hydrogen-bond acceptors (Lipinski definition) is 4.